The second-order valence-electron chi connectivity index (χ2n) is 9.21. The Bertz CT molecular complexity index is 1490. The highest BCUT2D eigenvalue weighted by molar-refractivity contribution is 6.30. The highest BCUT2D eigenvalue weighted by atomic mass is 35.5. The lowest BCUT2D eigenvalue weighted by atomic mass is 9.94. The van der Waals surface area contributed by atoms with Crippen molar-refractivity contribution >= 4 is 41.0 Å². The maximum absolute atomic E-state index is 14.2. The van der Waals surface area contributed by atoms with Crippen molar-refractivity contribution in [2.24, 2.45) is 4.99 Å². The number of carbonyl (C=O) groups is 2. The van der Waals surface area contributed by atoms with Crippen molar-refractivity contribution in [2.45, 2.75) is 25.2 Å². The summed E-state index contributed by atoms with van der Waals surface area (Å²) in [5.74, 6) is -2.11. The lowest BCUT2D eigenvalue weighted by Crippen LogP contribution is -2.55. The summed E-state index contributed by atoms with van der Waals surface area (Å²) < 4.78 is 46.0. The third-order valence-electron chi connectivity index (χ3n) is 6.53. The molecule has 2 aliphatic rings. The number of halogens is 5. The Labute approximate surface area is 242 Å². The van der Waals surface area contributed by atoms with Crippen LogP contribution in [0, 0.1) is 0 Å². The Morgan fingerprint density at radius 3 is 2.29 bits per heavy atom. The third-order valence-corrected chi connectivity index (χ3v) is 7.04. The van der Waals surface area contributed by atoms with E-state index >= 15 is 0 Å². The van der Waals surface area contributed by atoms with Crippen LogP contribution in [-0.2, 0) is 11.0 Å². The van der Waals surface area contributed by atoms with Crippen LogP contribution in [-0.4, -0.2) is 63.8 Å². The Morgan fingerprint density at radius 2 is 1.71 bits per heavy atom. The van der Waals surface area contributed by atoms with Gasteiger partial charge < -0.3 is 15.0 Å². The zero-order valence-corrected chi connectivity index (χ0v) is 23.0. The van der Waals surface area contributed by atoms with Crippen molar-refractivity contribution in [3.63, 3.8) is 0 Å². The SMILES string of the molecule is CCOc1nc(C(F)(F)F)ncc1C1=N[C@H](c2ccc(Cl)cc2)[C@H](c2ccc(Cl)cc2)N1C(=O)N1CCNC(=O)C1. The fraction of sp³-hybridized carbons (Fsp3) is 0.296. The summed E-state index contributed by atoms with van der Waals surface area (Å²) in [4.78, 5) is 41.1. The minimum absolute atomic E-state index is 0.00180. The van der Waals surface area contributed by atoms with Crippen molar-refractivity contribution in [1.82, 2.24) is 25.1 Å². The molecule has 214 valence electrons. The molecule has 2 atom stereocenters. The van der Waals surface area contributed by atoms with Crippen LogP contribution in [0.1, 0.15) is 41.5 Å². The Morgan fingerprint density at radius 1 is 1.07 bits per heavy atom. The van der Waals surface area contributed by atoms with E-state index in [9.17, 15) is 22.8 Å². The molecule has 1 aromatic heterocycles. The van der Waals surface area contributed by atoms with Crippen molar-refractivity contribution in [3.05, 3.63) is 87.3 Å². The summed E-state index contributed by atoms with van der Waals surface area (Å²) in [6.45, 7) is 1.84. The van der Waals surface area contributed by atoms with Crippen LogP contribution in [0.2, 0.25) is 10.0 Å². The maximum Gasteiger partial charge on any atom is 0.451 e. The molecule has 0 aliphatic carbocycles. The number of piperazine rings is 1. The van der Waals surface area contributed by atoms with Crippen LogP contribution in [0.4, 0.5) is 18.0 Å². The molecule has 3 heterocycles. The highest BCUT2D eigenvalue weighted by Gasteiger charge is 2.46. The number of hydrogen-bond acceptors (Lipinski definition) is 6. The number of alkyl halides is 3. The average molecular weight is 607 g/mol. The normalized spacial score (nSPS) is 19.2. The summed E-state index contributed by atoms with van der Waals surface area (Å²) in [5, 5.41) is 3.64. The maximum atomic E-state index is 14.2. The van der Waals surface area contributed by atoms with E-state index in [1.807, 2.05) is 0 Å². The van der Waals surface area contributed by atoms with E-state index < -0.39 is 30.1 Å². The molecule has 14 heteroatoms. The zero-order valence-electron chi connectivity index (χ0n) is 21.5. The van der Waals surface area contributed by atoms with Gasteiger partial charge in [0.1, 0.15) is 18.4 Å². The molecular weight excluding hydrogens is 584 g/mol. The van der Waals surface area contributed by atoms with Crippen LogP contribution in [0.15, 0.2) is 59.7 Å². The molecule has 2 aliphatic heterocycles. The van der Waals surface area contributed by atoms with Gasteiger partial charge in [-0.1, -0.05) is 47.5 Å². The molecule has 2 aromatic carbocycles. The van der Waals surface area contributed by atoms with E-state index in [0.717, 1.165) is 6.20 Å². The minimum Gasteiger partial charge on any atom is -0.477 e. The number of aliphatic imine (C=N–C) groups is 1. The Hall–Kier alpha value is -3.90. The second kappa shape index (κ2) is 11.5. The summed E-state index contributed by atoms with van der Waals surface area (Å²) in [6, 6.07) is 11.6. The molecule has 0 radical (unpaired) electrons. The van der Waals surface area contributed by atoms with Crippen molar-refractivity contribution in [2.75, 3.05) is 26.2 Å². The van der Waals surface area contributed by atoms with Gasteiger partial charge in [0.2, 0.25) is 17.6 Å². The van der Waals surface area contributed by atoms with Crippen LogP contribution in [0.3, 0.4) is 0 Å². The first-order chi connectivity index (χ1) is 19.6. The topological polar surface area (TPSA) is 100 Å². The second-order valence-corrected chi connectivity index (χ2v) is 10.1. The number of urea groups is 1. The largest absolute Gasteiger partial charge is 0.477 e. The average Bonchev–Trinajstić information content (AvgIpc) is 3.33. The number of aromatic nitrogens is 2. The zero-order chi connectivity index (χ0) is 29.3. The summed E-state index contributed by atoms with van der Waals surface area (Å²) in [5.41, 5.74) is 1.32. The van der Waals surface area contributed by atoms with Gasteiger partial charge in [-0.05, 0) is 42.3 Å². The van der Waals surface area contributed by atoms with Gasteiger partial charge in [-0.2, -0.15) is 18.2 Å². The third kappa shape index (κ3) is 5.94. The van der Waals surface area contributed by atoms with Crippen molar-refractivity contribution < 1.29 is 27.5 Å². The molecule has 9 nitrogen and oxygen atoms in total. The number of nitrogens with zero attached hydrogens (tertiary/aromatic N) is 5. The molecule has 1 saturated heterocycles. The molecule has 5 rings (SSSR count). The Kier molecular flexibility index (Phi) is 8.05. The number of benzene rings is 2. The van der Waals surface area contributed by atoms with E-state index in [4.69, 9.17) is 32.9 Å². The molecule has 0 spiro atoms. The molecule has 0 unspecified atom stereocenters. The first-order valence-corrected chi connectivity index (χ1v) is 13.3. The fourth-order valence-corrected chi connectivity index (χ4v) is 4.96. The van der Waals surface area contributed by atoms with Gasteiger partial charge in [-0.3, -0.25) is 14.7 Å². The highest BCUT2D eigenvalue weighted by Crippen LogP contribution is 2.45. The molecule has 3 amide bonds. The van der Waals surface area contributed by atoms with E-state index in [-0.39, 0.29) is 49.4 Å². The van der Waals surface area contributed by atoms with Crippen LogP contribution >= 0.6 is 23.2 Å². The number of rotatable bonds is 5. The number of amides is 3. The van der Waals surface area contributed by atoms with E-state index in [0.29, 0.717) is 21.2 Å². The molecule has 41 heavy (non-hydrogen) atoms. The quantitative estimate of drug-likeness (QED) is 0.425. The lowest BCUT2D eigenvalue weighted by Gasteiger charge is -2.35. The van der Waals surface area contributed by atoms with Gasteiger partial charge >= 0.3 is 12.2 Å². The Balaban J connectivity index is 1.71. The smallest absolute Gasteiger partial charge is 0.451 e. The molecule has 0 saturated carbocycles. The van der Waals surface area contributed by atoms with Crippen LogP contribution in [0.5, 0.6) is 5.88 Å². The predicted octanol–water partition coefficient (Wildman–Crippen LogP) is 5.30. The van der Waals surface area contributed by atoms with Gasteiger partial charge in [0, 0.05) is 29.3 Å². The predicted molar refractivity (Wildman–Crippen MR) is 145 cm³/mol. The molecule has 1 fully saturated rings. The molecule has 3 aromatic rings. The number of nitrogens with one attached hydrogen (secondary N) is 1. The summed E-state index contributed by atoms with van der Waals surface area (Å²) in [6.07, 6.45) is -3.87. The van der Waals surface area contributed by atoms with Crippen LogP contribution in [0.25, 0.3) is 0 Å². The van der Waals surface area contributed by atoms with Gasteiger partial charge in [-0.25, -0.2) is 9.78 Å². The van der Waals surface area contributed by atoms with E-state index in [1.165, 1.54) is 9.80 Å². The van der Waals surface area contributed by atoms with Gasteiger partial charge in [0.25, 0.3) is 0 Å². The summed E-state index contributed by atoms with van der Waals surface area (Å²) >= 11 is 12.3. The van der Waals surface area contributed by atoms with Crippen molar-refractivity contribution in [1.29, 1.82) is 0 Å². The number of amidine groups is 1. The monoisotopic (exact) mass is 606 g/mol. The standard InChI is InChI=1S/C27H23Cl2F3N6O3/c1-2-41-24-19(13-34-25(36-24)27(30,31)32)23-35-21(15-3-7-17(28)8-4-15)22(16-5-9-18(29)10-6-16)38(23)26(40)37-12-11-33-20(39)14-37/h3-10,13,21-22H,2,11-12,14H2,1H3,(H,33,39)/t21-,22+/m1/s1. The first kappa shape index (κ1) is 28.6. The number of ether oxygens (including phenoxy) is 1. The van der Waals surface area contributed by atoms with E-state index in [2.05, 4.69) is 15.3 Å². The molecular formula is C27H23Cl2F3N6O3. The minimum atomic E-state index is -4.82. The number of carbonyl (C=O) groups excluding carboxylic acids is 2. The van der Waals surface area contributed by atoms with Gasteiger partial charge in [-0.15, -0.1) is 0 Å². The van der Waals surface area contributed by atoms with Crippen molar-refractivity contribution in [3.8, 4) is 5.88 Å². The fourth-order valence-electron chi connectivity index (χ4n) is 4.71. The van der Waals surface area contributed by atoms with Crippen LogP contribution < -0.4 is 10.1 Å². The molecule has 0 bridgehead atoms. The number of hydrogen-bond donors (Lipinski definition) is 1. The van der Waals surface area contributed by atoms with E-state index in [1.54, 1.807) is 55.5 Å². The summed E-state index contributed by atoms with van der Waals surface area (Å²) in [7, 11) is 0. The van der Waals surface area contributed by atoms with Gasteiger partial charge in [0.15, 0.2) is 0 Å². The van der Waals surface area contributed by atoms with Gasteiger partial charge in [0.05, 0.1) is 18.2 Å². The first-order valence-electron chi connectivity index (χ1n) is 12.6. The lowest BCUT2D eigenvalue weighted by molar-refractivity contribution is -0.145. The molecule has 1 N–H and O–H groups in total.